The molecule has 2 rings (SSSR count). The predicted octanol–water partition coefficient (Wildman–Crippen LogP) is 4.30. The van der Waals surface area contributed by atoms with E-state index in [1.807, 2.05) is 31.2 Å². The van der Waals surface area contributed by atoms with Crippen LogP contribution in [0.25, 0.3) is 0 Å². The topological polar surface area (TPSA) is 55.1 Å². The zero-order valence-electron chi connectivity index (χ0n) is 11.6. The van der Waals surface area contributed by atoms with Gasteiger partial charge in [0.2, 0.25) is 5.91 Å². The van der Waals surface area contributed by atoms with Crippen LogP contribution in [0.2, 0.25) is 0 Å². The number of amides is 1. The molecule has 0 saturated carbocycles. The highest BCUT2D eigenvalue weighted by atomic mass is 79.9. The second-order valence-electron chi connectivity index (χ2n) is 4.94. The fourth-order valence-corrected chi connectivity index (χ4v) is 2.29. The number of carbonyl (C=O) groups is 1. The number of carbonyl (C=O) groups excluding carboxylic acids is 1. The van der Waals surface area contributed by atoms with Crippen LogP contribution in [0.3, 0.4) is 0 Å². The summed E-state index contributed by atoms with van der Waals surface area (Å²) in [7, 11) is 0. The van der Waals surface area contributed by atoms with Gasteiger partial charge < -0.3 is 11.1 Å². The summed E-state index contributed by atoms with van der Waals surface area (Å²) >= 11 is 3.38. The summed E-state index contributed by atoms with van der Waals surface area (Å²) in [5.41, 5.74) is 7.44. The minimum absolute atomic E-state index is 0.0629. The molecule has 0 aromatic heterocycles. The molecule has 1 unspecified atom stereocenters. The monoisotopic (exact) mass is 350 g/mol. The van der Waals surface area contributed by atoms with Crippen LogP contribution >= 0.6 is 15.9 Å². The number of benzene rings is 2. The van der Waals surface area contributed by atoms with Gasteiger partial charge in [-0.1, -0.05) is 35.0 Å². The fraction of sp³-hybridized carbons (Fsp3) is 0.188. The van der Waals surface area contributed by atoms with E-state index in [2.05, 4.69) is 21.2 Å². The lowest BCUT2D eigenvalue weighted by molar-refractivity contribution is -0.116. The van der Waals surface area contributed by atoms with Crippen LogP contribution in [0.4, 0.5) is 15.8 Å². The maximum absolute atomic E-state index is 13.2. The van der Waals surface area contributed by atoms with Crippen molar-refractivity contribution in [2.75, 3.05) is 11.1 Å². The Hall–Kier alpha value is -1.88. The third kappa shape index (κ3) is 4.29. The van der Waals surface area contributed by atoms with Gasteiger partial charge in [-0.3, -0.25) is 4.79 Å². The second-order valence-corrected chi connectivity index (χ2v) is 5.85. The van der Waals surface area contributed by atoms with Crippen LogP contribution in [0.5, 0.6) is 0 Å². The minimum atomic E-state index is -0.430. The Morgan fingerprint density at radius 3 is 2.62 bits per heavy atom. The van der Waals surface area contributed by atoms with Crippen LogP contribution in [0.15, 0.2) is 46.9 Å². The Balaban J connectivity index is 2.01. The Bertz CT molecular complexity index is 643. The third-order valence-electron chi connectivity index (χ3n) is 3.22. The molecule has 0 spiro atoms. The summed E-state index contributed by atoms with van der Waals surface area (Å²) in [6.45, 7) is 1.97. The lowest BCUT2D eigenvalue weighted by Crippen LogP contribution is -2.15. The number of hydrogen-bond donors (Lipinski definition) is 2. The standard InChI is InChI=1S/C16H16BrFN2O/c1-10(11-2-4-12(17)5-3-11)8-16(21)20-15-9-13(18)6-7-14(15)19/h2-7,9-10H,8,19H2,1H3,(H,20,21). The summed E-state index contributed by atoms with van der Waals surface area (Å²) in [5, 5.41) is 2.65. The average molecular weight is 351 g/mol. The zero-order chi connectivity index (χ0) is 15.4. The number of nitrogens with one attached hydrogen (secondary N) is 1. The molecule has 2 aromatic carbocycles. The number of rotatable bonds is 4. The van der Waals surface area contributed by atoms with E-state index in [1.165, 1.54) is 18.2 Å². The first-order valence-electron chi connectivity index (χ1n) is 6.56. The molecule has 0 saturated heterocycles. The van der Waals surface area contributed by atoms with E-state index < -0.39 is 5.82 Å². The van der Waals surface area contributed by atoms with Gasteiger partial charge in [0.05, 0.1) is 11.4 Å². The molecule has 1 atom stereocenters. The highest BCUT2D eigenvalue weighted by molar-refractivity contribution is 9.10. The number of hydrogen-bond acceptors (Lipinski definition) is 2. The Labute approximate surface area is 131 Å². The number of anilines is 2. The molecular weight excluding hydrogens is 335 g/mol. The van der Waals surface area contributed by atoms with E-state index in [-0.39, 0.29) is 11.8 Å². The van der Waals surface area contributed by atoms with Gasteiger partial charge in [0.25, 0.3) is 0 Å². The molecule has 110 valence electrons. The summed E-state index contributed by atoms with van der Waals surface area (Å²) in [5.74, 6) is -0.559. The van der Waals surface area contributed by atoms with E-state index in [0.29, 0.717) is 17.8 Å². The van der Waals surface area contributed by atoms with E-state index in [0.717, 1.165) is 10.0 Å². The van der Waals surface area contributed by atoms with Crippen molar-refractivity contribution in [2.24, 2.45) is 0 Å². The van der Waals surface area contributed by atoms with Crippen molar-refractivity contribution in [2.45, 2.75) is 19.3 Å². The van der Waals surface area contributed by atoms with Crippen LogP contribution in [-0.4, -0.2) is 5.91 Å². The summed E-state index contributed by atoms with van der Waals surface area (Å²) in [6, 6.07) is 11.7. The number of nitrogens with two attached hydrogens (primary N) is 1. The average Bonchev–Trinajstić information content (AvgIpc) is 2.43. The Morgan fingerprint density at radius 1 is 1.29 bits per heavy atom. The lowest BCUT2D eigenvalue weighted by atomic mass is 9.97. The first-order chi connectivity index (χ1) is 9.95. The molecule has 0 bridgehead atoms. The van der Waals surface area contributed by atoms with Crippen molar-refractivity contribution < 1.29 is 9.18 Å². The Kier molecular flexibility index (Phi) is 4.96. The summed E-state index contributed by atoms with van der Waals surface area (Å²) in [6.07, 6.45) is 0.303. The largest absolute Gasteiger partial charge is 0.397 e. The molecule has 1 amide bonds. The van der Waals surface area contributed by atoms with Gasteiger partial charge in [0, 0.05) is 10.9 Å². The molecule has 0 aliphatic carbocycles. The number of halogens is 2. The fourth-order valence-electron chi connectivity index (χ4n) is 2.03. The van der Waals surface area contributed by atoms with E-state index in [9.17, 15) is 9.18 Å². The molecule has 0 heterocycles. The predicted molar refractivity (Wildman–Crippen MR) is 86.6 cm³/mol. The zero-order valence-corrected chi connectivity index (χ0v) is 13.2. The first kappa shape index (κ1) is 15.5. The maximum atomic E-state index is 13.2. The van der Waals surface area contributed by atoms with Gasteiger partial charge in [0.1, 0.15) is 5.82 Å². The SMILES string of the molecule is CC(CC(=O)Nc1cc(F)ccc1N)c1ccc(Br)cc1. The van der Waals surface area contributed by atoms with Crippen LogP contribution in [-0.2, 0) is 4.79 Å². The molecule has 2 aromatic rings. The summed E-state index contributed by atoms with van der Waals surface area (Å²) < 4.78 is 14.1. The second kappa shape index (κ2) is 6.72. The quantitative estimate of drug-likeness (QED) is 0.807. The molecule has 0 aliphatic heterocycles. The highest BCUT2D eigenvalue weighted by Crippen LogP contribution is 2.23. The van der Waals surface area contributed by atoms with Crippen molar-refractivity contribution in [1.29, 1.82) is 0 Å². The molecule has 0 radical (unpaired) electrons. The van der Waals surface area contributed by atoms with Crippen molar-refractivity contribution in [3.05, 3.63) is 58.3 Å². The van der Waals surface area contributed by atoms with Crippen molar-refractivity contribution in [3.63, 3.8) is 0 Å². The van der Waals surface area contributed by atoms with Gasteiger partial charge in [-0.2, -0.15) is 0 Å². The van der Waals surface area contributed by atoms with Gasteiger partial charge >= 0.3 is 0 Å². The lowest BCUT2D eigenvalue weighted by Gasteiger charge is -2.13. The Morgan fingerprint density at radius 2 is 1.95 bits per heavy atom. The minimum Gasteiger partial charge on any atom is -0.397 e. The highest BCUT2D eigenvalue weighted by Gasteiger charge is 2.13. The van der Waals surface area contributed by atoms with Crippen molar-refractivity contribution in [3.8, 4) is 0 Å². The van der Waals surface area contributed by atoms with Crippen LogP contribution in [0.1, 0.15) is 24.8 Å². The molecule has 0 aliphatic rings. The number of nitrogen functional groups attached to an aromatic ring is 1. The smallest absolute Gasteiger partial charge is 0.225 e. The van der Waals surface area contributed by atoms with Crippen molar-refractivity contribution in [1.82, 2.24) is 0 Å². The molecular formula is C16H16BrFN2O. The maximum Gasteiger partial charge on any atom is 0.225 e. The van der Waals surface area contributed by atoms with Crippen molar-refractivity contribution >= 4 is 33.2 Å². The van der Waals surface area contributed by atoms with Gasteiger partial charge in [-0.25, -0.2) is 4.39 Å². The summed E-state index contributed by atoms with van der Waals surface area (Å²) in [4.78, 5) is 12.0. The first-order valence-corrected chi connectivity index (χ1v) is 7.35. The normalized spacial score (nSPS) is 12.0. The van der Waals surface area contributed by atoms with Gasteiger partial charge in [0.15, 0.2) is 0 Å². The van der Waals surface area contributed by atoms with Gasteiger partial charge in [-0.15, -0.1) is 0 Å². The van der Waals surface area contributed by atoms with E-state index >= 15 is 0 Å². The van der Waals surface area contributed by atoms with Gasteiger partial charge in [-0.05, 0) is 41.8 Å². The van der Waals surface area contributed by atoms with E-state index in [4.69, 9.17) is 5.73 Å². The van der Waals surface area contributed by atoms with Crippen LogP contribution < -0.4 is 11.1 Å². The third-order valence-corrected chi connectivity index (χ3v) is 3.75. The molecule has 3 nitrogen and oxygen atoms in total. The molecule has 21 heavy (non-hydrogen) atoms. The van der Waals surface area contributed by atoms with E-state index in [1.54, 1.807) is 0 Å². The molecule has 5 heteroatoms. The molecule has 3 N–H and O–H groups in total. The molecule has 0 fully saturated rings. The van der Waals surface area contributed by atoms with Crippen LogP contribution in [0, 0.1) is 5.82 Å².